The van der Waals surface area contributed by atoms with E-state index in [2.05, 4.69) is 33.0 Å². The van der Waals surface area contributed by atoms with Crippen LogP contribution in [0.5, 0.6) is 5.75 Å². The van der Waals surface area contributed by atoms with Crippen molar-refractivity contribution >= 4 is 0 Å². The highest BCUT2D eigenvalue weighted by atomic mass is 16.3. The van der Waals surface area contributed by atoms with Gasteiger partial charge in [-0.1, -0.05) is 26.0 Å². The van der Waals surface area contributed by atoms with Crippen molar-refractivity contribution in [3.05, 3.63) is 29.8 Å². The molecular formula is C15H25NO. The Kier molecular flexibility index (Phi) is 5.49. The molecule has 0 aliphatic carbocycles. The fourth-order valence-electron chi connectivity index (χ4n) is 1.77. The van der Waals surface area contributed by atoms with Crippen LogP contribution in [-0.2, 0) is 6.42 Å². The van der Waals surface area contributed by atoms with Gasteiger partial charge >= 0.3 is 0 Å². The Balaban J connectivity index is 2.33. The summed E-state index contributed by atoms with van der Waals surface area (Å²) in [4.78, 5) is 0. The number of aromatic hydroxyl groups is 1. The normalized spacial score (nSPS) is 14.9. The Morgan fingerprint density at radius 2 is 1.65 bits per heavy atom. The van der Waals surface area contributed by atoms with Gasteiger partial charge in [-0.15, -0.1) is 0 Å². The first-order chi connectivity index (χ1) is 7.99. The summed E-state index contributed by atoms with van der Waals surface area (Å²) >= 11 is 0. The van der Waals surface area contributed by atoms with Gasteiger partial charge in [0.15, 0.2) is 0 Å². The van der Waals surface area contributed by atoms with E-state index < -0.39 is 0 Å². The molecule has 0 bridgehead atoms. The monoisotopic (exact) mass is 235 g/mol. The average molecular weight is 235 g/mol. The molecule has 0 radical (unpaired) electrons. The van der Waals surface area contributed by atoms with Crippen LogP contribution >= 0.6 is 0 Å². The zero-order valence-corrected chi connectivity index (χ0v) is 11.4. The third kappa shape index (κ3) is 5.22. The number of benzene rings is 1. The Morgan fingerprint density at radius 1 is 1.06 bits per heavy atom. The van der Waals surface area contributed by atoms with Crippen LogP contribution in [0.1, 0.15) is 39.7 Å². The zero-order chi connectivity index (χ0) is 12.8. The first-order valence-corrected chi connectivity index (χ1v) is 6.53. The summed E-state index contributed by atoms with van der Waals surface area (Å²) in [5, 5.41) is 12.8. The second-order valence-electron chi connectivity index (χ2n) is 5.31. The second-order valence-corrected chi connectivity index (χ2v) is 5.31. The highest BCUT2D eigenvalue weighted by Crippen LogP contribution is 2.12. The van der Waals surface area contributed by atoms with E-state index in [1.807, 2.05) is 12.1 Å². The van der Waals surface area contributed by atoms with E-state index in [4.69, 9.17) is 0 Å². The predicted molar refractivity (Wildman–Crippen MR) is 73.3 cm³/mol. The first kappa shape index (κ1) is 14.0. The van der Waals surface area contributed by atoms with Gasteiger partial charge in [0, 0.05) is 12.1 Å². The number of phenolic OH excluding ortho intramolecular Hbond substituents is 1. The van der Waals surface area contributed by atoms with E-state index in [9.17, 15) is 5.11 Å². The van der Waals surface area contributed by atoms with Crippen molar-refractivity contribution < 1.29 is 5.11 Å². The van der Waals surface area contributed by atoms with Crippen LogP contribution in [0, 0.1) is 5.92 Å². The third-order valence-electron chi connectivity index (χ3n) is 3.35. The maximum absolute atomic E-state index is 9.20. The molecule has 0 aliphatic heterocycles. The Morgan fingerprint density at radius 3 is 2.18 bits per heavy atom. The summed E-state index contributed by atoms with van der Waals surface area (Å²) in [6.45, 7) is 8.95. The van der Waals surface area contributed by atoms with Crippen molar-refractivity contribution in [2.45, 2.75) is 52.6 Å². The van der Waals surface area contributed by atoms with E-state index in [1.165, 1.54) is 5.56 Å². The summed E-state index contributed by atoms with van der Waals surface area (Å²) in [6, 6.07) is 8.59. The van der Waals surface area contributed by atoms with Crippen LogP contribution in [0.4, 0.5) is 0 Å². The van der Waals surface area contributed by atoms with Gasteiger partial charge in [0.25, 0.3) is 0 Å². The van der Waals surface area contributed by atoms with Crippen LogP contribution in [0.2, 0.25) is 0 Å². The molecular weight excluding hydrogens is 210 g/mol. The number of hydrogen-bond acceptors (Lipinski definition) is 2. The largest absolute Gasteiger partial charge is 0.508 e. The number of rotatable bonds is 6. The van der Waals surface area contributed by atoms with Gasteiger partial charge in [0.05, 0.1) is 0 Å². The lowest BCUT2D eigenvalue weighted by molar-refractivity contribution is 0.373. The molecule has 2 N–H and O–H groups in total. The summed E-state index contributed by atoms with van der Waals surface area (Å²) in [7, 11) is 0. The Labute approximate surface area is 105 Å². The summed E-state index contributed by atoms with van der Waals surface area (Å²) in [5.41, 5.74) is 1.29. The standard InChI is InChI=1S/C15H25NO/c1-11(2)13(4)16-12(3)5-6-14-7-9-15(17)10-8-14/h7-13,16-17H,5-6H2,1-4H3. The molecule has 0 aliphatic rings. The highest BCUT2D eigenvalue weighted by molar-refractivity contribution is 5.25. The lowest BCUT2D eigenvalue weighted by Crippen LogP contribution is -2.37. The summed E-state index contributed by atoms with van der Waals surface area (Å²) in [5.74, 6) is 1.01. The molecule has 0 spiro atoms. The van der Waals surface area contributed by atoms with Crippen LogP contribution in [0.25, 0.3) is 0 Å². The molecule has 0 heterocycles. The second kappa shape index (κ2) is 6.65. The molecule has 0 aromatic heterocycles. The lowest BCUT2D eigenvalue weighted by Gasteiger charge is -2.22. The summed E-state index contributed by atoms with van der Waals surface area (Å²) < 4.78 is 0. The molecule has 0 saturated carbocycles. The van der Waals surface area contributed by atoms with Crippen molar-refractivity contribution in [3.8, 4) is 5.75 Å². The van der Waals surface area contributed by atoms with Crippen molar-refractivity contribution in [2.24, 2.45) is 5.92 Å². The highest BCUT2D eigenvalue weighted by Gasteiger charge is 2.10. The molecule has 17 heavy (non-hydrogen) atoms. The van der Waals surface area contributed by atoms with Gasteiger partial charge < -0.3 is 10.4 Å². The predicted octanol–water partition coefficient (Wildman–Crippen LogP) is 3.35. The first-order valence-electron chi connectivity index (χ1n) is 6.53. The van der Waals surface area contributed by atoms with Crippen molar-refractivity contribution in [1.29, 1.82) is 0 Å². The third-order valence-corrected chi connectivity index (χ3v) is 3.35. The molecule has 1 aromatic carbocycles. The van der Waals surface area contributed by atoms with E-state index in [1.54, 1.807) is 12.1 Å². The molecule has 2 atom stereocenters. The Bertz CT molecular complexity index is 318. The van der Waals surface area contributed by atoms with Crippen molar-refractivity contribution in [1.82, 2.24) is 5.32 Å². The van der Waals surface area contributed by atoms with Gasteiger partial charge in [-0.3, -0.25) is 0 Å². The molecule has 2 nitrogen and oxygen atoms in total. The molecule has 96 valence electrons. The van der Waals surface area contributed by atoms with E-state index in [0.717, 1.165) is 12.8 Å². The number of phenols is 1. The van der Waals surface area contributed by atoms with Gasteiger partial charge in [-0.2, -0.15) is 0 Å². The molecule has 1 aromatic rings. The zero-order valence-electron chi connectivity index (χ0n) is 11.4. The van der Waals surface area contributed by atoms with E-state index in [0.29, 0.717) is 23.8 Å². The van der Waals surface area contributed by atoms with Crippen LogP contribution in [0.3, 0.4) is 0 Å². The number of hydrogen-bond donors (Lipinski definition) is 2. The topological polar surface area (TPSA) is 32.3 Å². The molecule has 1 rings (SSSR count). The van der Waals surface area contributed by atoms with Gasteiger partial charge in [0.2, 0.25) is 0 Å². The minimum absolute atomic E-state index is 0.341. The minimum atomic E-state index is 0.341. The number of aryl methyl sites for hydroxylation is 1. The molecule has 0 fully saturated rings. The maximum atomic E-state index is 9.20. The fraction of sp³-hybridized carbons (Fsp3) is 0.600. The molecule has 0 saturated heterocycles. The summed E-state index contributed by atoms with van der Waals surface area (Å²) in [6.07, 6.45) is 2.18. The number of nitrogens with one attached hydrogen (secondary N) is 1. The van der Waals surface area contributed by atoms with E-state index >= 15 is 0 Å². The van der Waals surface area contributed by atoms with Crippen molar-refractivity contribution in [2.75, 3.05) is 0 Å². The van der Waals surface area contributed by atoms with Gasteiger partial charge in [-0.25, -0.2) is 0 Å². The fourth-order valence-corrected chi connectivity index (χ4v) is 1.77. The molecule has 2 unspecified atom stereocenters. The average Bonchev–Trinajstić information content (AvgIpc) is 2.28. The van der Waals surface area contributed by atoms with Crippen LogP contribution in [0.15, 0.2) is 24.3 Å². The SMILES string of the molecule is CC(CCc1ccc(O)cc1)NC(C)C(C)C. The van der Waals surface area contributed by atoms with Crippen molar-refractivity contribution in [3.63, 3.8) is 0 Å². The van der Waals surface area contributed by atoms with Crippen LogP contribution in [-0.4, -0.2) is 17.2 Å². The molecule has 0 amide bonds. The van der Waals surface area contributed by atoms with Gasteiger partial charge in [0.1, 0.15) is 5.75 Å². The molecule has 2 heteroatoms. The maximum Gasteiger partial charge on any atom is 0.115 e. The van der Waals surface area contributed by atoms with E-state index in [-0.39, 0.29) is 0 Å². The van der Waals surface area contributed by atoms with Gasteiger partial charge in [-0.05, 0) is 50.3 Å². The lowest BCUT2D eigenvalue weighted by atomic mass is 10.0. The minimum Gasteiger partial charge on any atom is -0.508 e. The quantitative estimate of drug-likeness (QED) is 0.792. The Hall–Kier alpha value is -1.02. The smallest absolute Gasteiger partial charge is 0.115 e. The van der Waals surface area contributed by atoms with Crippen LogP contribution < -0.4 is 5.32 Å².